The summed E-state index contributed by atoms with van der Waals surface area (Å²) in [5.41, 5.74) is 0. The van der Waals surface area contributed by atoms with Crippen LogP contribution in [0.4, 0.5) is 0 Å². The van der Waals surface area contributed by atoms with Crippen LogP contribution in [0.25, 0.3) is 0 Å². The fraction of sp³-hybridized carbons (Fsp3) is 1.00. The quantitative estimate of drug-likeness (QED) is 0.381. The maximum Gasteiger partial charge on any atom is 0.257 e. The Morgan fingerprint density at radius 2 is 1.12 bits per heavy atom. The van der Waals surface area contributed by atoms with Crippen LogP contribution in [0.1, 0.15) is 6.42 Å². The molecule has 17 heavy (non-hydrogen) atoms. The van der Waals surface area contributed by atoms with Crippen molar-refractivity contribution in [3.8, 4) is 0 Å². The molecule has 0 aromatic carbocycles. The molecule has 0 heterocycles. The fourth-order valence-corrected chi connectivity index (χ4v) is 3.23. The second-order valence-electron chi connectivity index (χ2n) is 2.69. The van der Waals surface area contributed by atoms with Crippen LogP contribution < -0.4 is 0 Å². The van der Waals surface area contributed by atoms with E-state index in [-0.39, 0.29) is 13.2 Å². The second-order valence-corrected chi connectivity index (χ2v) is 6.55. The summed E-state index contributed by atoms with van der Waals surface area (Å²) < 4.78 is 48.9. The van der Waals surface area contributed by atoms with Crippen molar-refractivity contribution in [1.29, 1.82) is 0 Å². The highest BCUT2D eigenvalue weighted by Crippen LogP contribution is 2.07. The Hall–Kier alpha value is 0.520. The number of hydrogen-bond donors (Lipinski definition) is 2. The Labute approximate surface area is 113 Å². The number of rotatable bonds is 12. The van der Waals surface area contributed by atoms with E-state index in [9.17, 15) is 16.8 Å². The molecule has 0 aliphatic carbocycles. The van der Waals surface area contributed by atoms with Gasteiger partial charge in [-0.15, -0.1) is 0 Å². The third-order valence-electron chi connectivity index (χ3n) is 1.43. The van der Waals surface area contributed by atoms with Crippen LogP contribution in [0, 0.1) is 0 Å². The van der Waals surface area contributed by atoms with Crippen molar-refractivity contribution in [2.45, 2.75) is 6.42 Å². The Kier molecular flexibility index (Phi) is 13.4. The summed E-state index contributed by atoms with van der Waals surface area (Å²) in [5, 5.41) is 0. The van der Waals surface area contributed by atoms with Crippen LogP contribution in [-0.4, -0.2) is 53.1 Å². The molecule has 0 aliphatic rings. The van der Waals surface area contributed by atoms with Gasteiger partial charge in [-0.05, 0) is 17.9 Å². The van der Waals surface area contributed by atoms with Crippen molar-refractivity contribution in [2.75, 3.05) is 36.2 Å². The molecule has 104 valence electrons. The van der Waals surface area contributed by atoms with Crippen molar-refractivity contribution < 1.29 is 25.2 Å². The van der Waals surface area contributed by atoms with Crippen molar-refractivity contribution in [1.82, 2.24) is 0 Å². The van der Waals surface area contributed by atoms with Gasteiger partial charge in [0.2, 0.25) is 0 Å². The zero-order chi connectivity index (χ0) is 12.9. The van der Waals surface area contributed by atoms with E-state index in [4.69, 9.17) is 0 Å². The molecule has 0 fully saturated rings. The molecule has 10 heteroatoms. The first-order valence-corrected chi connectivity index (χ1v) is 9.33. The second kappa shape index (κ2) is 13.0. The summed E-state index contributed by atoms with van der Waals surface area (Å²) in [6.07, 6.45) is 0.988. The van der Waals surface area contributed by atoms with Crippen molar-refractivity contribution in [3.05, 3.63) is 0 Å². The molecule has 0 spiro atoms. The normalized spacial score (nSPS) is 11.4. The van der Waals surface area contributed by atoms with E-state index in [1.165, 1.54) is 0 Å². The molecular weight excluding hydrogens is 308 g/mol. The smallest absolute Gasteiger partial charge is 0.257 e. The highest BCUT2D eigenvalue weighted by atomic mass is 32.2. The van der Waals surface area contributed by atoms with Gasteiger partial charge in [0.05, 0.1) is 13.2 Å². The first-order valence-electron chi connectivity index (χ1n) is 4.83. The molecule has 0 unspecified atom stereocenters. The summed E-state index contributed by atoms with van der Waals surface area (Å²) in [4.78, 5) is 0. The third kappa shape index (κ3) is 16.5. The molecular formula is C7H16O6S4. The summed E-state index contributed by atoms with van der Waals surface area (Å²) in [6, 6.07) is 0. The van der Waals surface area contributed by atoms with Gasteiger partial charge in [-0.2, -0.15) is 23.5 Å². The average molecular weight is 324 g/mol. The molecule has 0 N–H and O–H groups in total. The van der Waals surface area contributed by atoms with Gasteiger partial charge in [0, 0.05) is 11.5 Å². The van der Waals surface area contributed by atoms with Gasteiger partial charge in [0.1, 0.15) is 0 Å². The van der Waals surface area contributed by atoms with Crippen LogP contribution in [-0.2, 0) is 30.3 Å². The van der Waals surface area contributed by atoms with Gasteiger partial charge in [0.25, 0.3) is 22.0 Å². The Bertz CT molecular complexity index is 267. The lowest BCUT2D eigenvalue weighted by atomic mass is 10.6. The zero-order valence-electron chi connectivity index (χ0n) is 9.11. The van der Waals surface area contributed by atoms with Gasteiger partial charge in [0.15, 0.2) is 0 Å². The van der Waals surface area contributed by atoms with E-state index in [0.717, 1.165) is 17.9 Å². The molecule has 0 saturated heterocycles. The summed E-state index contributed by atoms with van der Waals surface area (Å²) in [6.45, 7) is 0.446. The largest absolute Gasteiger partial charge is 0.271 e. The molecule has 0 atom stereocenters. The molecule has 0 rings (SSSR count). The topological polar surface area (TPSA) is 86.7 Å². The van der Waals surface area contributed by atoms with E-state index < -0.39 is 22.0 Å². The van der Waals surface area contributed by atoms with Crippen LogP contribution in [0.5, 0.6) is 0 Å². The first-order chi connectivity index (χ1) is 8.13. The predicted octanol–water partition coefficient (Wildman–Crippen LogP) is -0.0711. The summed E-state index contributed by atoms with van der Waals surface area (Å²) >= 11 is 3.26. The van der Waals surface area contributed by atoms with Gasteiger partial charge in [-0.25, -0.2) is 16.8 Å². The molecule has 0 saturated carbocycles. The SMILES string of the molecule is O=[SH](=O)OCCSCCCSCCO[SH](=O)=O. The lowest BCUT2D eigenvalue weighted by Crippen LogP contribution is -1.98. The molecule has 0 bridgehead atoms. The highest BCUT2D eigenvalue weighted by Gasteiger charge is 1.94. The lowest BCUT2D eigenvalue weighted by molar-refractivity contribution is 0.357. The zero-order valence-corrected chi connectivity index (χ0v) is 12.5. The van der Waals surface area contributed by atoms with E-state index >= 15 is 0 Å². The average Bonchev–Trinajstić information content (AvgIpc) is 2.25. The maximum atomic E-state index is 10.0. The molecule has 0 aromatic rings. The number of thioether (sulfide) groups is 2. The number of hydrogen-bond acceptors (Lipinski definition) is 8. The van der Waals surface area contributed by atoms with E-state index in [1.54, 1.807) is 23.5 Å². The van der Waals surface area contributed by atoms with Crippen molar-refractivity contribution in [3.63, 3.8) is 0 Å². The molecule has 6 nitrogen and oxygen atoms in total. The summed E-state index contributed by atoms with van der Waals surface area (Å²) in [7, 11) is -5.44. The van der Waals surface area contributed by atoms with E-state index in [1.807, 2.05) is 0 Å². The van der Waals surface area contributed by atoms with Crippen molar-refractivity contribution >= 4 is 45.5 Å². The predicted molar refractivity (Wildman–Crippen MR) is 71.8 cm³/mol. The Balaban J connectivity index is 3.03. The van der Waals surface area contributed by atoms with Crippen LogP contribution in [0.2, 0.25) is 0 Å². The van der Waals surface area contributed by atoms with E-state index in [2.05, 4.69) is 8.37 Å². The minimum atomic E-state index is -2.72. The lowest BCUT2D eigenvalue weighted by Gasteiger charge is -2.01. The Morgan fingerprint density at radius 1 is 0.706 bits per heavy atom. The molecule has 0 amide bonds. The monoisotopic (exact) mass is 324 g/mol. The minimum Gasteiger partial charge on any atom is -0.271 e. The van der Waals surface area contributed by atoms with Gasteiger partial charge in [-0.1, -0.05) is 0 Å². The standard InChI is InChI=1S/C7H16O6S4/c8-16(9)12-2-6-14-4-1-5-15-7-3-13-17(10)11/h16-17H,1-7H2. The van der Waals surface area contributed by atoms with E-state index in [0.29, 0.717) is 11.5 Å². The van der Waals surface area contributed by atoms with Crippen LogP contribution in [0.3, 0.4) is 0 Å². The Morgan fingerprint density at radius 3 is 1.47 bits per heavy atom. The van der Waals surface area contributed by atoms with Crippen LogP contribution >= 0.6 is 23.5 Å². The molecule has 0 aromatic heterocycles. The van der Waals surface area contributed by atoms with Crippen molar-refractivity contribution in [2.24, 2.45) is 0 Å². The molecule has 0 radical (unpaired) electrons. The van der Waals surface area contributed by atoms with Crippen LogP contribution in [0.15, 0.2) is 0 Å². The third-order valence-corrected chi connectivity index (χ3v) is 4.28. The summed E-state index contributed by atoms with van der Waals surface area (Å²) in [5.74, 6) is 3.19. The van der Waals surface area contributed by atoms with Gasteiger partial charge >= 0.3 is 0 Å². The van der Waals surface area contributed by atoms with Gasteiger partial charge in [-0.3, -0.25) is 8.37 Å². The minimum absolute atomic E-state index is 0.223. The maximum absolute atomic E-state index is 10.0. The highest BCUT2D eigenvalue weighted by molar-refractivity contribution is 8.00. The molecule has 0 aliphatic heterocycles. The first kappa shape index (κ1) is 17.5. The van der Waals surface area contributed by atoms with Gasteiger partial charge < -0.3 is 0 Å². The number of thiol groups is 2. The fourth-order valence-electron chi connectivity index (χ4n) is 0.809.